The number of rotatable bonds is 8. The summed E-state index contributed by atoms with van der Waals surface area (Å²) < 4.78 is 28.5. The molecule has 37 heavy (non-hydrogen) atoms. The van der Waals surface area contributed by atoms with Gasteiger partial charge in [0.15, 0.2) is 9.84 Å². The zero-order valence-electron chi connectivity index (χ0n) is 19.9. The minimum absolute atomic E-state index is 0.0207. The summed E-state index contributed by atoms with van der Waals surface area (Å²) in [4.78, 5) is 13.5. The summed E-state index contributed by atoms with van der Waals surface area (Å²) in [5.41, 5.74) is 3.26. The van der Waals surface area contributed by atoms with Gasteiger partial charge in [-0.3, -0.25) is 4.79 Å². The van der Waals surface area contributed by atoms with Gasteiger partial charge in [0.1, 0.15) is 6.54 Å². The Balaban J connectivity index is 1.44. The molecule has 0 aliphatic heterocycles. The van der Waals surface area contributed by atoms with Crippen molar-refractivity contribution >= 4 is 38.2 Å². The molecule has 0 unspecified atom stereocenters. The van der Waals surface area contributed by atoms with E-state index < -0.39 is 9.84 Å². The molecule has 0 fully saturated rings. The van der Waals surface area contributed by atoms with E-state index in [4.69, 9.17) is 11.6 Å². The molecule has 7 heteroatoms. The number of carbonyl (C=O) groups is 1. The Morgan fingerprint density at radius 1 is 0.784 bits per heavy atom. The molecular formula is C30H25ClN2O3S. The smallest absolute Gasteiger partial charge is 0.240 e. The number of hydrogen-bond acceptors (Lipinski definition) is 3. The Morgan fingerprint density at radius 3 is 1.97 bits per heavy atom. The van der Waals surface area contributed by atoms with Crippen molar-refractivity contribution in [2.45, 2.75) is 23.2 Å². The number of fused-ring (bicyclic) bond motifs is 1. The Hall–Kier alpha value is -3.87. The fourth-order valence-corrected chi connectivity index (χ4v) is 6.19. The highest BCUT2D eigenvalue weighted by Gasteiger charge is 2.23. The van der Waals surface area contributed by atoms with Gasteiger partial charge in [-0.05, 0) is 34.9 Å². The average molecular weight is 529 g/mol. The summed E-state index contributed by atoms with van der Waals surface area (Å²) in [6, 6.07) is 33.2. The molecule has 1 amide bonds. The number of benzene rings is 4. The maximum Gasteiger partial charge on any atom is 0.240 e. The molecule has 5 aromatic rings. The average Bonchev–Trinajstić information content (AvgIpc) is 3.29. The number of nitrogens with one attached hydrogen (secondary N) is 1. The zero-order valence-corrected chi connectivity index (χ0v) is 21.5. The van der Waals surface area contributed by atoms with Crippen LogP contribution in [0, 0.1) is 0 Å². The first-order valence-corrected chi connectivity index (χ1v) is 13.9. The first-order chi connectivity index (χ1) is 17.9. The highest BCUT2D eigenvalue weighted by Crippen LogP contribution is 2.29. The molecule has 186 valence electrons. The molecule has 0 aliphatic rings. The fourth-order valence-electron chi connectivity index (χ4n) is 4.48. The molecule has 0 atom stereocenters. The molecule has 0 bridgehead atoms. The maximum atomic E-state index is 13.4. The molecule has 4 aromatic carbocycles. The normalized spacial score (nSPS) is 11.6. The summed E-state index contributed by atoms with van der Waals surface area (Å²) in [6.07, 6.45) is 1.57. The van der Waals surface area contributed by atoms with Crippen molar-refractivity contribution in [3.8, 4) is 0 Å². The lowest BCUT2D eigenvalue weighted by atomic mass is 9.99. The van der Waals surface area contributed by atoms with Crippen LogP contribution in [-0.4, -0.2) is 18.9 Å². The predicted molar refractivity (Wildman–Crippen MR) is 147 cm³/mol. The van der Waals surface area contributed by atoms with Gasteiger partial charge in [-0.15, -0.1) is 0 Å². The van der Waals surface area contributed by atoms with Crippen LogP contribution in [-0.2, 0) is 26.9 Å². The predicted octanol–water partition coefficient (Wildman–Crippen LogP) is 6.17. The minimum Gasteiger partial charge on any atom is -0.344 e. The quantitative estimate of drug-likeness (QED) is 0.262. The number of para-hydroxylation sites is 1. The highest BCUT2D eigenvalue weighted by molar-refractivity contribution is 7.90. The Kier molecular flexibility index (Phi) is 7.12. The zero-order chi connectivity index (χ0) is 25.8. The number of nitrogens with zero attached hydrogens (tertiary/aromatic N) is 1. The van der Waals surface area contributed by atoms with Gasteiger partial charge in [0, 0.05) is 22.1 Å². The number of halogens is 1. The van der Waals surface area contributed by atoms with Gasteiger partial charge in [-0.1, -0.05) is 103 Å². The summed E-state index contributed by atoms with van der Waals surface area (Å²) in [7, 11) is -3.67. The molecule has 0 radical (unpaired) electrons. The van der Waals surface area contributed by atoms with Gasteiger partial charge in [0.25, 0.3) is 0 Å². The van der Waals surface area contributed by atoms with Gasteiger partial charge < -0.3 is 9.88 Å². The van der Waals surface area contributed by atoms with Gasteiger partial charge in [0.2, 0.25) is 5.91 Å². The highest BCUT2D eigenvalue weighted by atomic mass is 35.5. The molecule has 0 saturated heterocycles. The molecule has 1 aromatic heterocycles. The van der Waals surface area contributed by atoms with Gasteiger partial charge >= 0.3 is 0 Å². The van der Waals surface area contributed by atoms with Crippen LogP contribution in [0.1, 0.15) is 22.7 Å². The van der Waals surface area contributed by atoms with Crippen LogP contribution in [0.4, 0.5) is 0 Å². The summed E-state index contributed by atoms with van der Waals surface area (Å²) >= 11 is 5.95. The van der Waals surface area contributed by atoms with E-state index in [2.05, 4.69) is 5.32 Å². The van der Waals surface area contributed by atoms with Crippen LogP contribution in [0.15, 0.2) is 120 Å². The molecule has 0 saturated carbocycles. The monoisotopic (exact) mass is 528 g/mol. The van der Waals surface area contributed by atoms with Crippen LogP contribution in [0.5, 0.6) is 0 Å². The van der Waals surface area contributed by atoms with Crippen molar-refractivity contribution in [3.05, 3.63) is 137 Å². The number of aromatic nitrogens is 1. The second kappa shape index (κ2) is 10.6. The Morgan fingerprint density at radius 2 is 1.35 bits per heavy atom. The second-order valence-corrected chi connectivity index (χ2v) is 11.2. The van der Waals surface area contributed by atoms with Crippen LogP contribution in [0.2, 0.25) is 5.02 Å². The Labute approximate surface area is 221 Å². The number of carbonyl (C=O) groups excluding carboxylic acids is 1. The molecule has 1 N–H and O–H groups in total. The lowest BCUT2D eigenvalue weighted by Gasteiger charge is -2.20. The van der Waals surface area contributed by atoms with Crippen LogP contribution in [0.3, 0.4) is 0 Å². The van der Waals surface area contributed by atoms with Crippen molar-refractivity contribution in [2.24, 2.45) is 0 Å². The molecular weight excluding hydrogens is 504 g/mol. The van der Waals surface area contributed by atoms with E-state index in [0.717, 1.165) is 11.1 Å². The SMILES string of the molecule is O=C(Cn1cc(S(=O)(=O)Cc2ccc(Cl)cc2)c2ccccc21)NC(c1ccccc1)c1ccccc1. The Bertz CT molecular complexity index is 1590. The third kappa shape index (κ3) is 5.61. The first-order valence-electron chi connectivity index (χ1n) is 11.8. The van der Waals surface area contributed by atoms with Crippen molar-refractivity contribution < 1.29 is 13.2 Å². The summed E-state index contributed by atoms with van der Waals surface area (Å²) in [6.45, 7) is -0.0207. The van der Waals surface area contributed by atoms with Crippen LogP contribution >= 0.6 is 11.6 Å². The van der Waals surface area contributed by atoms with Crippen LogP contribution < -0.4 is 5.32 Å². The number of amides is 1. The lowest BCUT2D eigenvalue weighted by Crippen LogP contribution is -2.32. The lowest BCUT2D eigenvalue weighted by molar-refractivity contribution is -0.122. The third-order valence-electron chi connectivity index (χ3n) is 6.24. The summed E-state index contributed by atoms with van der Waals surface area (Å²) in [5.74, 6) is -0.380. The topological polar surface area (TPSA) is 68.2 Å². The van der Waals surface area contributed by atoms with E-state index in [1.807, 2.05) is 72.8 Å². The number of hydrogen-bond donors (Lipinski definition) is 1. The minimum atomic E-state index is -3.67. The standard InChI is InChI=1S/C30H25ClN2O3S/c31-25-17-15-22(16-18-25)21-37(35,36)28-19-33(27-14-8-7-13-26(27)28)20-29(34)32-30(23-9-3-1-4-10-23)24-11-5-2-6-12-24/h1-19,30H,20-21H2,(H,32,34). The van der Waals surface area contributed by atoms with Crippen molar-refractivity contribution in [1.29, 1.82) is 0 Å². The fraction of sp³-hybridized carbons (Fsp3) is 0.100. The van der Waals surface area contributed by atoms with E-state index in [-0.39, 0.29) is 29.1 Å². The van der Waals surface area contributed by atoms with Crippen molar-refractivity contribution in [1.82, 2.24) is 9.88 Å². The summed E-state index contributed by atoms with van der Waals surface area (Å²) in [5, 5.41) is 4.27. The molecule has 1 heterocycles. The second-order valence-electron chi connectivity index (χ2n) is 8.85. The largest absolute Gasteiger partial charge is 0.344 e. The van der Waals surface area contributed by atoms with Crippen molar-refractivity contribution in [3.63, 3.8) is 0 Å². The van der Waals surface area contributed by atoms with Crippen LogP contribution in [0.25, 0.3) is 10.9 Å². The third-order valence-corrected chi connectivity index (χ3v) is 8.20. The molecule has 5 nitrogen and oxygen atoms in total. The van der Waals surface area contributed by atoms with E-state index in [1.54, 1.807) is 47.2 Å². The van der Waals surface area contributed by atoms with Gasteiger partial charge in [0.05, 0.1) is 16.7 Å². The van der Waals surface area contributed by atoms with E-state index in [9.17, 15) is 13.2 Å². The van der Waals surface area contributed by atoms with Gasteiger partial charge in [-0.25, -0.2) is 8.42 Å². The van der Waals surface area contributed by atoms with E-state index in [1.165, 1.54) is 0 Å². The number of sulfone groups is 1. The van der Waals surface area contributed by atoms with Gasteiger partial charge in [-0.2, -0.15) is 0 Å². The van der Waals surface area contributed by atoms with Crippen molar-refractivity contribution in [2.75, 3.05) is 0 Å². The first kappa shape index (κ1) is 24.8. The van der Waals surface area contributed by atoms with E-state index in [0.29, 0.717) is 21.5 Å². The molecule has 0 aliphatic carbocycles. The molecule has 0 spiro atoms. The maximum absolute atomic E-state index is 13.4. The van der Waals surface area contributed by atoms with E-state index >= 15 is 0 Å². The molecule has 5 rings (SSSR count).